The van der Waals surface area contributed by atoms with Crippen molar-refractivity contribution < 1.29 is 22.3 Å². The van der Waals surface area contributed by atoms with Crippen LogP contribution in [-0.4, -0.2) is 7.11 Å². The molecule has 0 saturated carbocycles. The molecule has 0 N–H and O–H groups in total. The second-order valence-electron chi connectivity index (χ2n) is 6.73. The van der Waals surface area contributed by atoms with Crippen molar-refractivity contribution in [3.63, 3.8) is 0 Å². The van der Waals surface area contributed by atoms with Crippen LogP contribution in [0.1, 0.15) is 41.2 Å². The summed E-state index contributed by atoms with van der Waals surface area (Å²) < 4.78 is 60.8. The van der Waals surface area contributed by atoms with Crippen molar-refractivity contribution in [2.75, 3.05) is 7.11 Å². The zero-order valence-corrected chi connectivity index (χ0v) is 17.0. The summed E-state index contributed by atoms with van der Waals surface area (Å²) in [6.07, 6.45) is 2.02. The largest absolute Gasteiger partial charge is 0.491 e. The predicted molar refractivity (Wildman–Crippen MR) is 112 cm³/mol. The molecule has 0 aliphatic rings. The van der Waals surface area contributed by atoms with Gasteiger partial charge in [0.25, 0.3) is 0 Å². The average Bonchev–Trinajstić information content (AvgIpc) is 2.73. The van der Waals surface area contributed by atoms with Crippen molar-refractivity contribution in [1.29, 1.82) is 0 Å². The van der Waals surface area contributed by atoms with Gasteiger partial charge in [-0.15, -0.1) is 0 Å². The Morgan fingerprint density at radius 1 is 0.677 bits per heavy atom. The summed E-state index contributed by atoms with van der Waals surface area (Å²) in [5.41, 5.74) is 1.49. The quantitative estimate of drug-likeness (QED) is 0.371. The Bertz CT molecular complexity index is 1180. The zero-order valence-electron chi connectivity index (χ0n) is 17.0. The Morgan fingerprint density at radius 2 is 1.16 bits per heavy atom. The highest BCUT2D eigenvalue weighted by Crippen LogP contribution is 2.22. The van der Waals surface area contributed by atoms with E-state index in [0.717, 1.165) is 49.8 Å². The van der Waals surface area contributed by atoms with Gasteiger partial charge in [0.05, 0.1) is 12.7 Å². The monoisotopic (exact) mass is 422 g/mol. The summed E-state index contributed by atoms with van der Waals surface area (Å²) >= 11 is 0. The molecule has 156 valence electrons. The van der Waals surface area contributed by atoms with Crippen LogP contribution >= 0.6 is 0 Å². The fourth-order valence-corrected chi connectivity index (χ4v) is 2.91. The smallest absolute Gasteiger partial charge is 0.190 e. The number of methoxy groups -OCH3 is 1. The molecule has 1 nitrogen and oxygen atoms in total. The van der Waals surface area contributed by atoms with Crippen molar-refractivity contribution in [1.82, 2.24) is 0 Å². The predicted octanol–water partition coefficient (Wildman–Crippen LogP) is 6.00. The molecule has 0 saturated heterocycles. The second kappa shape index (κ2) is 9.87. The number of rotatable bonds is 3. The van der Waals surface area contributed by atoms with E-state index in [9.17, 15) is 17.6 Å². The average molecular weight is 422 g/mol. The van der Waals surface area contributed by atoms with Crippen LogP contribution in [0.25, 0.3) is 0 Å². The van der Waals surface area contributed by atoms with Crippen LogP contribution in [0.2, 0.25) is 0 Å². The third-order valence-corrected chi connectivity index (χ3v) is 4.42. The number of ether oxygens (including phenoxy) is 1. The van der Waals surface area contributed by atoms with E-state index in [1.165, 1.54) is 5.56 Å². The Labute approximate surface area is 178 Å². The van der Waals surface area contributed by atoms with Crippen LogP contribution in [0.5, 0.6) is 5.75 Å². The normalized spacial score (nSPS) is 10.0. The summed E-state index contributed by atoms with van der Waals surface area (Å²) in [7, 11) is 1.13. The molecule has 0 aliphatic carbocycles. The lowest BCUT2D eigenvalue weighted by molar-refractivity contribution is 0.359. The van der Waals surface area contributed by atoms with Gasteiger partial charge in [0, 0.05) is 16.7 Å². The molecule has 3 aromatic rings. The molecule has 3 rings (SSSR count). The maximum absolute atomic E-state index is 14.4. The minimum Gasteiger partial charge on any atom is -0.491 e. The molecule has 0 aromatic heterocycles. The highest BCUT2D eigenvalue weighted by atomic mass is 19.1. The van der Waals surface area contributed by atoms with E-state index >= 15 is 0 Å². The van der Waals surface area contributed by atoms with Crippen LogP contribution in [0.15, 0.2) is 48.5 Å². The Kier molecular flexibility index (Phi) is 7.00. The van der Waals surface area contributed by atoms with Crippen molar-refractivity contribution in [2.24, 2.45) is 0 Å². The number of aryl methyl sites for hydroxylation is 1. The summed E-state index contributed by atoms with van der Waals surface area (Å²) in [5, 5.41) is 0. The van der Waals surface area contributed by atoms with Gasteiger partial charge >= 0.3 is 0 Å². The van der Waals surface area contributed by atoms with E-state index in [4.69, 9.17) is 0 Å². The number of benzene rings is 3. The third kappa shape index (κ3) is 5.47. The van der Waals surface area contributed by atoms with Crippen LogP contribution in [-0.2, 0) is 6.42 Å². The Balaban J connectivity index is 1.85. The van der Waals surface area contributed by atoms with Gasteiger partial charge < -0.3 is 4.74 Å². The first kappa shape index (κ1) is 22.0. The van der Waals surface area contributed by atoms with Gasteiger partial charge in [-0.3, -0.25) is 0 Å². The molecule has 0 unspecified atom stereocenters. The first-order valence-electron chi connectivity index (χ1n) is 9.56. The first-order chi connectivity index (χ1) is 14.9. The molecule has 5 heteroatoms. The number of hydrogen-bond acceptors (Lipinski definition) is 1. The highest BCUT2D eigenvalue weighted by molar-refractivity contribution is 5.50. The standard InChI is InChI=1S/C26H18F4O/c1-3-4-17-5-7-18(8-6-17)9-10-19-13-22(27)21(23(28)14-19)12-11-20-15-24(29)26(31-2)25(30)16-20/h5-8,13-16H,3-4H2,1-2H3. The van der Waals surface area contributed by atoms with E-state index in [2.05, 4.69) is 35.3 Å². The second-order valence-corrected chi connectivity index (χ2v) is 6.73. The van der Waals surface area contributed by atoms with E-state index in [1.54, 1.807) is 0 Å². The zero-order chi connectivity index (χ0) is 22.4. The lowest BCUT2D eigenvalue weighted by atomic mass is 10.1. The van der Waals surface area contributed by atoms with Gasteiger partial charge in [0.15, 0.2) is 17.4 Å². The molecule has 0 amide bonds. The molecule has 0 atom stereocenters. The van der Waals surface area contributed by atoms with E-state index in [-0.39, 0.29) is 11.1 Å². The molecular weight excluding hydrogens is 404 g/mol. The van der Waals surface area contributed by atoms with Gasteiger partial charge in [-0.1, -0.05) is 49.2 Å². The fourth-order valence-electron chi connectivity index (χ4n) is 2.91. The summed E-state index contributed by atoms with van der Waals surface area (Å²) in [6, 6.07) is 11.7. The van der Waals surface area contributed by atoms with Crippen LogP contribution < -0.4 is 4.74 Å². The van der Waals surface area contributed by atoms with Crippen LogP contribution in [0.3, 0.4) is 0 Å². The Morgan fingerprint density at radius 3 is 1.68 bits per heavy atom. The van der Waals surface area contributed by atoms with Crippen molar-refractivity contribution >= 4 is 0 Å². The van der Waals surface area contributed by atoms with Crippen LogP contribution in [0, 0.1) is 47.0 Å². The molecule has 0 aliphatic heterocycles. The third-order valence-electron chi connectivity index (χ3n) is 4.42. The SMILES string of the molecule is CCCc1ccc(C#Cc2cc(F)c(C#Cc3cc(F)c(OC)c(F)c3)c(F)c2)cc1. The van der Waals surface area contributed by atoms with Gasteiger partial charge in [0.1, 0.15) is 11.6 Å². The molecule has 0 spiro atoms. The van der Waals surface area contributed by atoms with Gasteiger partial charge in [-0.05, 0) is 48.4 Å². The van der Waals surface area contributed by atoms with Gasteiger partial charge in [0.2, 0.25) is 0 Å². The minimum absolute atomic E-state index is 0.0787. The number of hydrogen-bond donors (Lipinski definition) is 0. The molecule has 0 radical (unpaired) electrons. The summed E-state index contributed by atoms with van der Waals surface area (Å²) in [5.74, 6) is 5.97. The lowest BCUT2D eigenvalue weighted by Crippen LogP contribution is -1.95. The van der Waals surface area contributed by atoms with E-state index in [0.29, 0.717) is 0 Å². The maximum Gasteiger partial charge on any atom is 0.190 e. The molecule has 31 heavy (non-hydrogen) atoms. The summed E-state index contributed by atoms with van der Waals surface area (Å²) in [6.45, 7) is 2.10. The molecule has 3 aromatic carbocycles. The van der Waals surface area contributed by atoms with Crippen molar-refractivity contribution in [2.45, 2.75) is 19.8 Å². The molecule has 0 fully saturated rings. The molecule has 0 heterocycles. The first-order valence-corrected chi connectivity index (χ1v) is 9.56. The van der Waals surface area contributed by atoms with Gasteiger partial charge in [-0.2, -0.15) is 0 Å². The van der Waals surface area contributed by atoms with E-state index < -0.39 is 34.6 Å². The van der Waals surface area contributed by atoms with Crippen molar-refractivity contribution in [3.05, 3.63) is 99.6 Å². The van der Waals surface area contributed by atoms with Crippen molar-refractivity contribution in [3.8, 4) is 29.4 Å². The Hall–Kier alpha value is -3.70. The number of halogens is 4. The highest BCUT2D eigenvalue weighted by Gasteiger charge is 2.11. The molecule has 0 bridgehead atoms. The molecular formula is C26H18F4O. The lowest BCUT2D eigenvalue weighted by Gasteiger charge is -2.03. The fraction of sp³-hybridized carbons (Fsp3) is 0.154. The topological polar surface area (TPSA) is 9.23 Å². The van der Waals surface area contributed by atoms with Gasteiger partial charge in [-0.25, -0.2) is 17.6 Å². The minimum atomic E-state index is -0.957. The maximum atomic E-state index is 14.4. The van der Waals surface area contributed by atoms with Crippen LogP contribution in [0.4, 0.5) is 17.6 Å². The van der Waals surface area contributed by atoms with E-state index in [1.807, 2.05) is 24.3 Å². The summed E-state index contributed by atoms with van der Waals surface area (Å²) in [4.78, 5) is 0.